The summed E-state index contributed by atoms with van der Waals surface area (Å²) in [6.45, 7) is -0.318. The summed E-state index contributed by atoms with van der Waals surface area (Å²) in [4.78, 5) is 3.81. The van der Waals surface area contributed by atoms with Crippen molar-refractivity contribution in [1.82, 2.24) is 14.7 Å². The molecular weight excluding hydrogens is 495 g/mol. The summed E-state index contributed by atoms with van der Waals surface area (Å²) in [5.41, 5.74) is -5.48. The first-order chi connectivity index (χ1) is 16.2. The number of rotatable bonds is 3. The second-order valence-corrected chi connectivity index (χ2v) is 7.28. The lowest BCUT2D eigenvalue weighted by Crippen LogP contribution is -2.11. The number of aromatic nitrogens is 3. The smallest absolute Gasteiger partial charge is 0.340 e. The minimum atomic E-state index is -5.08. The van der Waals surface area contributed by atoms with Crippen molar-refractivity contribution in [3.63, 3.8) is 0 Å². The molecule has 0 saturated carbocycles. The van der Waals surface area contributed by atoms with Gasteiger partial charge in [-0.1, -0.05) is 5.16 Å². The second kappa shape index (κ2) is 8.03. The quantitative estimate of drug-likeness (QED) is 0.293. The molecule has 0 aliphatic heterocycles. The molecule has 35 heavy (non-hydrogen) atoms. The molecule has 0 unspecified atom stereocenters. The number of hydrogen-bond donors (Lipinski definition) is 0. The van der Waals surface area contributed by atoms with Crippen molar-refractivity contribution in [3.05, 3.63) is 70.7 Å². The van der Waals surface area contributed by atoms with Gasteiger partial charge in [0.25, 0.3) is 5.89 Å². The molecule has 0 spiro atoms. The molecule has 182 valence electrons. The number of benzene rings is 2. The molecule has 5 nitrogen and oxygen atoms in total. The Balaban J connectivity index is 1.73. The number of hydrogen-bond acceptors (Lipinski definition) is 4. The van der Waals surface area contributed by atoms with Gasteiger partial charge in [0.1, 0.15) is 0 Å². The van der Waals surface area contributed by atoms with Crippen LogP contribution in [0.25, 0.3) is 22.4 Å². The normalized spacial score (nSPS) is 12.8. The monoisotopic (exact) mass is 504 g/mol. The van der Waals surface area contributed by atoms with Crippen LogP contribution >= 0.6 is 0 Å². The van der Waals surface area contributed by atoms with Crippen molar-refractivity contribution in [1.29, 1.82) is 5.26 Å². The molecule has 0 N–H and O–H groups in total. The summed E-state index contributed by atoms with van der Waals surface area (Å²) in [6.07, 6.45) is -13.7. The van der Waals surface area contributed by atoms with Crippen molar-refractivity contribution < 1.29 is 44.0 Å². The Morgan fingerprint density at radius 2 is 1.49 bits per heavy atom. The summed E-state index contributed by atoms with van der Waals surface area (Å²) < 4.78 is 125. The minimum Gasteiger partial charge on any atom is -0.340 e. The highest BCUT2D eigenvalue weighted by molar-refractivity contribution is 5.86. The van der Waals surface area contributed by atoms with Gasteiger partial charge in [0.2, 0.25) is 0 Å². The Morgan fingerprint density at radius 3 is 2.03 bits per heavy atom. The van der Waals surface area contributed by atoms with Crippen LogP contribution in [0.15, 0.2) is 47.1 Å². The standard InChI is InChI=1S/C21H9F9N4O/c22-19(23,24)12-5-11(6-13(7-12)20(25,26)27)18-32-16(33-35-18)9-34-4-3-14-15(34)2-1-10(8-31)17(14)21(28,29)30/h1-7H,9H2. The van der Waals surface area contributed by atoms with E-state index >= 15 is 0 Å². The third-order valence-electron chi connectivity index (χ3n) is 4.97. The molecule has 0 aliphatic carbocycles. The van der Waals surface area contributed by atoms with E-state index in [0.717, 1.165) is 12.1 Å². The SMILES string of the molecule is N#Cc1ccc2c(ccn2Cc2noc(-c3cc(C(F)(F)F)cc(C(F)(F)F)c3)n2)c1C(F)(F)F. The maximum Gasteiger partial charge on any atom is 0.418 e. The van der Waals surface area contributed by atoms with Crippen molar-refractivity contribution in [2.75, 3.05) is 0 Å². The van der Waals surface area contributed by atoms with E-state index in [9.17, 15) is 39.5 Å². The zero-order chi connectivity index (χ0) is 25.8. The molecule has 0 amide bonds. The summed E-state index contributed by atoms with van der Waals surface area (Å²) in [5, 5.41) is 12.2. The number of nitriles is 1. The Kier molecular flexibility index (Phi) is 5.54. The molecule has 4 aromatic rings. The van der Waals surface area contributed by atoms with Gasteiger partial charge >= 0.3 is 18.5 Å². The van der Waals surface area contributed by atoms with E-state index in [1.165, 1.54) is 22.9 Å². The Hall–Kier alpha value is -4.02. The maximum atomic E-state index is 13.5. The highest BCUT2D eigenvalue weighted by Gasteiger charge is 2.38. The zero-order valence-electron chi connectivity index (χ0n) is 16.8. The van der Waals surface area contributed by atoms with Gasteiger partial charge in [-0.3, -0.25) is 0 Å². The topological polar surface area (TPSA) is 67.6 Å². The number of nitrogens with zero attached hydrogens (tertiary/aromatic N) is 4. The third kappa shape index (κ3) is 4.66. The van der Waals surface area contributed by atoms with Crippen LogP contribution in [0.4, 0.5) is 39.5 Å². The fraction of sp³-hybridized carbons (Fsp3) is 0.190. The van der Waals surface area contributed by atoms with Crippen molar-refractivity contribution >= 4 is 10.9 Å². The predicted molar refractivity (Wildman–Crippen MR) is 100 cm³/mol. The van der Waals surface area contributed by atoms with Gasteiger partial charge in [0.05, 0.1) is 34.9 Å². The fourth-order valence-corrected chi connectivity index (χ4v) is 3.48. The minimum absolute atomic E-state index is 0.0427. The zero-order valence-corrected chi connectivity index (χ0v) is 16.8. The van der Waals surface area contributed by atoms with E-state index in [-0.39, 0.29) is 29.3 Å². The fourth-order valence-electron chi connectivity index (χ4n) is 3.48. The second-order valence-electron chi connectivity index (χ2n) is 7.28. The molecule has 0 atom stereocenters. The predicted octanol–water partition coefficient (Wildman–Crippen LogP) is 6.67. The molecule has 4 rings (SSSR count). The van der Waals surface area contributed by atoms with Crippen LogP contribution in [0.5, 0.6) is 0 Å². The van der Waals surface area contributed by atoms with E-state index in [1.54, 1.807) is 0 Å². The summed E-state index contributed by atoms with van der Waals surface area (Å²) in [5.74, 6) is -0.864. The van der Waals surface area contributed by atoms with Crippen LogP contribution in [0, 0.1) is 11.3 Å². The first kappa shape index (κ1) is 24.1. The van der Waals surface area contributed by atoms with Crippen LogP contribution in [0.2, 0.25) is 0 Å². The molecule has 0 radical (unpaired) electrons. The van der Waals surface area contributed by atoms with Crippen LogP contribution in [0.1, 0.15) is 28.1 Å². The molecule has 0 saturated heterocycles. The highest BCUT2D eigenvalue weighted by atomic mass is 19.4. The van der Waals surface area contributed by atoms with E-state index < -0.39 is 52.2 Å². The first-order valence-electron chi connectivity index (χ1n) is 9.40. The van der Waals surface area contributed by atoms with Crippen LogP contribution in [-0.4, -0.2) is 14.7 Å². The summed E-state index contributed by atoms with van der Waals surface area (Å²) in [7, 11) is 0. The van der Waals surface area contributed by atoms with E-state index in [0.29, 0.717) is 12.1 Å². The molecular formula is C21H9F9N4O. The first-order valence-corrected chi connectivity index (χ1v) is 9.40. The number of fused-ring (bicyclic) bond motifs is 1. The highest BCUT2D eigenvalue weighted by Crippen LogP contribution is 2.39. The lowest BCUT2D eigenvalue weighted by Gasteiger charge is -2.12. The molecule has 2 aromatic carbocycles. The lowest BCUT2D eigenvalue weighted by molar-refractivity contribution is -0.143. The third-order valence-corrected chi connectivity index (χ3v) is 4.97. The van der Waals surface area contributed by atoms with E-state index in [1.807, 2.05) is 0 Å². The van der Waals surface area contributed by atoms with Gasteiger partial charge in [0, 0.05) is 22.7 Å². The van der Waals surface area contributed by atoms with E-state index in [2.05, 4.69) is 10.1 Å². The van der Waals surface area contributed by atoms with Crippen molar-refractivity contribution in [3.8, 4) is 17.5 Å². The molecule has 2 aromatic heterocycles. The van der Waals surface area contributed by atoms with Gasteiger partial charge < -0.3 is 9.09 Å². The largest absolute Gasteiger partial charge is 0.418 e. The Bertz CT molecular complexity index is 1420. The van der Waals surface area contributed by atoms with Gasteiger partial charge in [0.15, 0.2) is 5.82 Å². The Morgan fingerprint density at radius 1 is 0.857 bits per heavy atom. The molecule has 14 heteroatoms. The Labute approximate surface area is 189 Å². The number of alkyl halides is 9. The number of halogens is 9. The average Bonchev–Trinajstić information content (AvgIpc) is 3.38. The van der Waals surface area contributed by atoms with E-state index in [4.69, 9.17) is 9.78 Å². The van der Waals surface area contributed by atoms with Crippen molar-refractivity contribution in [2.24, 2.45) is 0 Å². The maximum absolute atomic E-state index is 13.5. The molecule has 0 fully saturated rings. The molecule has 0 aliphatic rings. The van der Waals surface area contributed by atoms with Gasteiger partial charge in [-0.2, -0.15) is 49.8 Å². The average molecular weight is 504 g/mol. The van der Waals surface area contributed by atoms with Gasteiger partial charge in [-0.15, -0.1) is 0 Å². The van der Waals surface area contributed by atoms with Crippen LogP contribution in [-0.2, 0) is 25.1 Å². The molecule has 2 heterocycles. The lowest BCUT2D eigenvalue weighted by atomic mass is 10.0. The van der Waals surface area contributed by atoms with Crippen LogP contribution < -0.4 is 0 Å². The van der Waals surface area contributed by atoms with Gasteiger partial charge in [-0.25, -0.2) is 0 Å². The molecule has 0 bridgehead atoms. The van der Waals surface area contributed by atoms with Crippen LogP contribution in [0.3, 0.4) is 0 Å². The summed E-state index contributed by atoms with van der Waals surface area (Å²) in [6, 6.07) is 5.59. The van der Waals surface area contributed by atoms with Crippen molar-refractivity contribution in [2.45, 2.75) is 25.1 Å². The van der Waals surface area contributed by atoms with Gasteiger partial charge in [-0.05, 0) is 36.4 Å². The summed E-state index contributed by atoms with van der Waals surface area (Å²) >= 11 is 0.